The van der Waals surface area contributed by atoms with Crippen molar-refractivity contribution >= 4 is 16.8 Å². The molecule has 2 N–H and O–H groups in total. The van der Waals surface area contributed by atoms with Crippen LogP contribution < -0.4 is 10.6 Å². The summed E-state index contributed by atoms with van der Waals surface area (Å²) in [4.78, 5) is 6.86. The van der Waals surface area contributed by atoms with E-state index in [2.05, 4.69) is 27.4 Å². The number of aliphatic imine (C=N–C) groups is 1. The van der Waals surface area contributed by atoms with E-state index in [4.69, 9.17) is 0 Å². The van der Waals surface area contributed by atoms with Crippen molar-refractivity contribution < 1.29 is 4.21 Å². The number of rotatable bonds is 9. The number of benzene rings is 1. The predicted molar refractivity (Wildman–Crippen MR) is 112 cm³/mol. The third-order valence-electron chi connectivity index (χ3n) is 4.93. The lowest BCUT2D eigenvalue weighted by Crippen LogP contribution is -2.46. The highest BCUT2D eigenvalue weighted by Crippen LogP contribution is 2.18. The van der Waals surface area contributed by atoms with E-state index in [9.17, 15) is 4.21 Å². The van der Waals surface area contributed by atoms with Crippen molar-refractivity contribution in [1.82, 2.24) is 15.5 Å². The zero-order valence-corrected chi connectivity index (χ0v) is 17.1. The van der Waals surface area contributed by atoms with Gasteiger partial charge in [0.05, 0.1) is 0 Å². The van der Waals surface area contributed by atoms with Crippen LogP contribution in [0.1, 0.15) is 38.2 Å². The number of nitrogens with one attached hydrogen (secondary N) is 2. The fraction of sp³-hybridized carbons (Fsp3) is 0.650. The fourth-order valence-electron chi connectivity index (χ4n) is 3.47. The van der Waals surface area contributed by atoms with Crippen LogP contribution in [0, 0.1) is 0 Å². The van der Waals surface area contributed by atoms with Gasteiger partial charge in [-0.3, -0.25) is 14.1 Å². The van der Waals surface area contributed by atoms with Crippen molar-refractivity contribution in [3.05, 3.63) is 35.9 Å². The minimum Gasteiger partial charge on any atom is -0.355 e. The van der Waals surface area contributed by atoms with E-state index < -0.39 is 10.8 Å². The van der Waals surface area contributed by atoms with Crippen LogP contribution in [0.2, 0.25) is 0 Å². The van der Waals surface area contributed by atoms with E-state index >= 15 is 0 Å². The molecule has 1 fully saturated rings. The third-order valence-corrected chi connectivity index (χ3v) is 6.24. The van der Waals surface area contributed by atoms with E-state index in [-0.39, 0.29) is 0 Å². The number of guanidine groups is 1. The zero-order chi connectivity index (χ0) is 18.6. The highest BCUT2D eigenvalue weighted by molar-refractivity contribution is 7.84. The van der Waals surface area contributed by atoms with Gasteiger partial charge in [0, 0.05) is 55.0 Å². The second kappa shape index (κ2) is 12.1. The van der Waals surface area contributed by atoms with E-state index in [1.165, 1.54) is 32.2 Å². The van der Waals surface area contributed by atoms with Crippen molar-refractivity contribution in [3.63, 3.8) is 0 Å². The molecule has 0 aromatic heterocycles. The second-order valence-corrected chi connectivity index (χ2v) is 8.37. The summed E-state index contributed by atoms with van der Waals surface area (Å²) in [6.45, 7) is 6.11. The molecule has 1 heterocycles. The van der Waals surface area contributed by atoms with Crippen LogP contribution in [0.3, 0.4) is 0 Å². The minimum absolute atomic E-state index is 0.613. The minimum atomic E-state index is -0.859. The maximum absolute atomic E-state index is 12.2. The van der Waals surface area contributed by atoms with E-state index in [1.54, 1.807) is 7.05 Å². The van der Waals surface area contributed by atoms with Gasteiger partial charge in [-0.05, 0) is 31.4 Å². The molecule has 0 amide bonds. The highest BCUT2D eigenvalue weighted by Gasteiger charge is 2.19. The standard InChI is InChI=1S/C20H34N4OS/c1-3-19-11-7-8-14-24(19)15-12-22-20(21-2)23-13-16-26(25)17-18-9-5-4-6-10-18/h4-6,9-10,19H,3,7-8,11-17H2,1-2H3,(H2,21,22,23). The van der Waals surface area contributed by atoms with Gasteiger partial charge in [0.15, 0.2) is 5.96 Å². The van der Waals surface area contributed by atoms with Gasteiger partial charge in [0.25, 0.3) is 0 Å². The van der Waals surface area contributed by atoms with Crippen LogP contribution in [0.5, 0.6) is 0 Å². The number of nitrogens with zero attached hydrogens (tertiary/aromatic N) is 2. The molecule has 0 spiro atoms. The summed E-state index contributed by atoms with van der Waals surface area (Å²) < 4.78 is 12.2. The average Bonchev–Trinajstić information content (AvgIpc) is 2.68. The second-order valence-electron chi connectivity index (χ2n) is 6.79. The van der Waals surface area contributed by atoms with Crippen LogP contribution >= 0.6 is 0 Å². The smallest absolute Gasteiger partial charge is 0.191 e. The van der Waals surface area contributed by atoms with Crippen LogP contribution in [-0.4, -0.2) is 60.1 Å². The molecule has 1 aliphatic rings. The molecule has 26 heavy (non-hydrogen) atoms. The number of piperidine rings is 1. The Morgan fingerprint density at radius 2 is 2.00 bits per heavy atom. The van der Waals surface area contributed by atoms with Crippen molar-refractivity contribution in [2.75, 3.05) is 39.0 Å². The Balaban J connectivity index is 1.62. The van der Waals surface area contributed by atoms with Crippen molar-refractivity contribution in [1.29, 1.82) is 0 Å². The summed E-state index contributed by atoms with van der Waals surface area (Å²) >= 11 is 0. The van der Waals surface area contributed by atoms with Crippen molar-refractivity contribution in [2.24, 2.45) is 4.99 Å². The Kier molecular flexibility index (Phi) is 9.71. The Hall–Kier alpha value is -1.40. The van der Waals surface area contributed by atoms with Gasteiger partial charge in [-0.15, -0.1) is 0 Å². The molecular formula is C20H34N4OS. The number of hydrogen-bond acceptors (Lipinski definition) is 3. The molecular weight excluding hydrogens is 344 g/mol. The van der Waals surface area contributed by atoms with Crippen LogP contribution in [-0.2, 0) is 16.6 Å². The fourth-order valence-corrected chi connectivity index (χ4v) is 4.51. The Morgan fingerprint density at radius 1 is 1.23 bits per heavy atom. The van der Waals surface area contributed by atoms with Gasteiger partial charge >= 0.3 is 0 Å². The van der Waals surface area contributed by atoms with Gasteiger partial charge < -0.3 is 10.6 Å². The summed E-state index contributed by atoms with van der Waals surface area (Å²) in [5.41, 5.74) is 1.13. The Morgan fingerprint density at radius 3 is 2.73 bits per heavy atom. The molecule has 0 radical (unpaired) electrons. The summed E-state index contributed by atoms with van der Waals surface area (Å²) in [6.07, 6.45) is 5.25. The first-order valence-electron chi connectivity index (χ1n) is 9.80. The van der Waals surface area contributed by atoms with Gasteiger partial charge in [-0.1, -0.05) is 43.7 Å². The van der Waals surface area contributed by atoms with E-state index in [0.29, 0.717) is 18.1 Å². The van der Waals surface area contributed by atoms with Crippen LogP contribution in [0.25, 0.3) is 0 Å². The topological polar surface area (TPSA) is 56.7 Å². The molecule has 1 aromatic carbocycles. The molecule has 6 heteroatoms. The molecule has 2 rings (SSSR count). The molecule has 2 atom stereocenters. The molecule has 0 aliphatic carbocycles. The Labute approximate surface area is 161 Å². The molecule has 0 bridgehead atoms. The molecule has 1 aromatic rings. The SMILES string of the molecule is CCC1CCCCN1CCNC(=NC)NCCS(=O)Cc1ccccc1. The van der Waals surface area contributed by atoms with Gasteiger partial charge in [0.2, 0.25) is 0 Å². The van der Waals surface area contributed by atoms with Gasteiger partial charge in [-0.25, -0.2) is 0 Å². The molecule has 5 nitrogen and oxygen atoms in total. The summed E-state index contributed by atoms with van der Waals surface area (Å²) in [5.74, 6) is 2.04. The molecule has 1 aliphatic heterocycles. The van der Waals surface area contributed by atoms with E-state index in [0.717, 1.165) is 30.7 Å². The average molecular weight is 379 g/mol. The molecule has 0 saturated carbocycles. The molecule has 146 valence electrons. The summed E-state index contributed by atoms with van der Waals surface area (Å²) in [5, 5.41) is 6.66. The largest absolute Gasteiger partial charge is 0.355 e. The monoisotopic (exact) mass is 378 g/mol. The maximum Gasteiger partial charge on any atom is 0.191 e. The summed E-state index contributed by atoms with van der Waals surface area (Å²) in [6, 6.07) is 10.7. The maximum atomic E-state index is 12.2. The lowest BCUT2D eigenvalue weighted by molar-refractivity contribution is 0.147. The first kappa shape index (κ1) is 20.9. The first-order chi connectivity index (χ1) is 12.7. The summed E-state index contributed by atoms with van der Waals surface area (Å²) in [7, 11) is 0.925. The van der Waals surface area contributed by atoms with Crippen LogP contribution in [0.4, 0.5) is 0 Å². The zero-order valence-electron chi connectivity index (χ0n) is 16.2. The van der Waals surface area contributed by atoms with Crippen molar-refractivity contribution in [3.8, 4) is 0 Å². The Bertz CT molecular complexity index is 564. The van der Waals surface area contributed by atoms with Crippen LogP contribution in [0.15, 0.2) is 35.3 Å². The number of likely N-dealkylation sites (tertiary alicyclic amines) is 1. The molecule has 2 unspecified atom stereocenters. The van der Waals surface area contributed by atoms with Crippen molar-refractivity contribution in [2.45, 2.75) is 44.4 Å². The lowest BCUT2D eigenvalue weighted by atomic mass is 10.0. The first-order valence-corrected chi connectivity index (χ1v) is 11.3. The predicted octanol–water partition coefficient (Wildman–Crippen LogP) is 2.36. The van der Waals surface area contributed by atoms with Gasteiger partial charge in [-0.2, -0.15) is 0 Å². The quantitative estimate of drug-likeness (QED) is 0.512. The highest BCUT2D eigenvalue weighted by atomic mass is 32.2. The van der Waals surface area contributed by atoms with Gasteiger partial charge in [0.1, 0.15) is 0 Å². The van der Waals surface area contributed by atoms with E-state index in [1.807, 2.05) is 30.3 Å². The lowest BCUT2D eigenvalue weighted by Gasteiger charge is -2.35. The third kappa shape index (κ3) is 7.46. The molecule has 1 saturated heterocycles. The normalized spacial score (nSPS) is 19.9. The number of hydrogen-bond donors (Lipinski definition) is 2.